The summed E-state index contributed by atoms with van der Waals surface area (Å²) in [5.74, 6) is -1.82. The fraction of sp³-hybridized carbons (Fsp3) is 0.200. The van der Waals surface area contributed by atoms with Crippen molar-refractivity contribution in [2.45, 2.75) is 5.92 Å². The van der Waals surface area contributed by atoms with Crippen LogP contribution < -0.4 is 0 Å². The lowest BCUT2D eigenvalue weighted by atomic mass is 9.73. The van der Waals surface area contributed by atoms with E-state index in [9.17, 15) is 9.59 Å². The predicted octanol–water partition coefficient (Wildman–Crippen LogP) is 3.82. The normalized spacial score (nSPS) is 21.7. The second kappa shape index (κ2) is 8.16. The topological polar surface area (TPSA) is 65.3 Å². The highest BCUT2D eigenvalue weighted by molar-refractivity contribution is 7.10. The zero-order valence-electron chi connectivity index (χ0n) is 17.8. The molecule has 0 saturated heterocycles. The minimum Gasteiger partial charge on any atom is -0.272 e. The molecule has 2 unspecified atom stereocenters. The number of amides is 2. The van der Waals surface area contributed by atoms with Gasteiger partial charge in [-0.05, 0) is 22.6 Å². The highest BCUT2D eigenvalue weighted by Gasteiger charge is 2.51. The van der Waals surface area contributed by atoms with Gasteiger partial charge in [-0.25, -0.2) is 10.0 Å². The predicted molar refractivity (Wildman–Crippen MR) is 126 cm³/mol. The third-order valence-corrected chi connectivity index (χ3v) is 6.98. The number of benzene rings is 2. The maximum Gasteiger partial charge on any atom is 0.252 e. The number of hydrogen-bond acceptors (Lipinski definition) is 5. The van der Waals surface area contributed by atoms with E-state index in [0.717, 1.165) is 16.0 Å². The molecule has 0 N–H and O–H groups in total. The molecule has 1 aromatic heterocycles. The van der Waals surface area contributed by atoms with Crippen molar-refractivity contribution in [1.82, 2.24) is 10.0 Å². The highest BCUT2D eigenvalue weighted by Crippen LogP contribution is 2.44. The molecule has 2 atom stereocenters. The van der Waals surface area contributed by atoms with Crippen molar-refractivity contribution in [3.8, 4) is 0 Å². The van der Waals surface area contributed by atoms with Crippen molar-refractivity contribution in [3.63, 3.8) is 0 Å². The van der Waals surface area contributed by atoms with E-state index in [1.165, 1.54) is 10.0 Å². The van der Waals surface area contributed by atoms with Gasteiger partial charge in [-0.2, -0.15) is 10.2 Å². The van der Waals surface area contributed by atoms with Crippen LogP contribution in [0.1, 0.15) is 21.9 Å². The molecule has 0 fully saturated rings. The van der Waals surface area contributed by atoms with Gasteiger partial charge in [0, 0.05) is 24.9 Å². The molecule has 0 radical (unpaired) electrons. The summed E-state index contributed by atoms with van der Waals surface area (Å²) >= 11 is 1.55. The van der Waals surface area contributed by atoms with Gasteiger partial charge >= 0.3 is 0 Å². The van der Waals surface area contributed by atoms with Gasteiger partial charge in [0.1, 0.15) is 0 Å². The van der Waals surface area contributed by atoms with E-state index < -0.39 is 17.8 Å². The molecule has 2 aliphatic rings. The average Bonchev–Trinajstić information content (AvgIpc) is 3.53. The first-order valence-electron chi connectivity index (χ1n) is 10.4. The van der Waals surface area contributed by atoms with Crippen molar-refractivity contribution in [1.29, 1.82) is 0 Å². The minimum absolute atomic E-state index is 0.114. The Kier molecular flexibility index (Phi) is 5.19. The Morgan fingerprint density at radius 2 is 1.19 bits per heavy atom. The minimum atomic E-state index is -0.588. The van der Waals surface area contributed by atoms with Crippen LogP contribution in [0.3, 0.4) is 0 Å². The van der Waals surface area contributed by atoms with E-state index >= 15 is 0 Å². The summed E-state index contributed by atoms with van der Waals surface area (Å²) in [5, 5.41) is 14.0. The van der Waals surface area contributed by atoms with Gasteiger partial charge in [-0.3, -0.25) is 9.59 Å². The summed E-state index contributed by atoms with van der Waals surface area (Å²) < 4.78 is 0. The first kappa shape index (κ1) is 20.3. The highest BCUT2D eigenvalue weighted by atomic mass is 32.1. The smallest absolute Gasteiger partial charge is 0.252 e. The number of nitrogens with zero attached hydrogens (tertiary/aromatic N) is 4. The fourth-order valence-electron chi connectivity index (χ4n) is 4.52. The van der Waals surface area contributed by atoms with Crippen LogP contribution in [-0.2, 0) is 9.59 Å². The Hall–Kier alpha value is -3.58. The van der Waals surface area contributed by atoms with E-state index in [0.29, 0.717) is 11.4 Å². The molecule has 7 heteroatoms. The van der Waals surface area contributed by atoms with Gasteiger partial charge in [0.25, 0.3) is 11.8 Å². The van der Waals surface area contributed by atoms with Crippen molar-refractivity contribution >= 4 is 34.6 Å². The Bertz CT molecular complexity index is 1130. The van der Waals surface area contributed by atoms with Crippen molar-refractivity contribution < 1.29 is 9.59 Å². The second-order valence-corrected chi connectivity index (χ2v) is 8.90. The van der Waals surface area contributed by atoms with Crippen LogP contribution in [0, 0.1) is 11.8 Å². The lowest BCUT2D eigenvalue weighted by Crippen LogP contribution is -2.40. The summed E-state index contributed by atoms with van der Waals surface area (Å²) in [4.78, 5) is 27.9. The van der Waals surface area contributed by atoms with Crippen LogP contribution in [0.2, 0.25) is 0 Å². The second-order valence-electron chi connectivity index (χ2n) is 7.92. The molecule has 2 aliphatic heterocycles. The fourth-order valence-corrected chi connectivity index (χ4v) is 5.43. The van der Waals surface area contributed by atoms with E-state index in [2.05, 4.69) is 10.2 Å². The summed E-state index contributed by atoms with van der Waals surface area (Å²) in [6, 6.07) is 23.4. The molecule has 2 amide bonds. The SMILES string of the molecule is CN1N=C(c2ccccc2)C(C(c2cccs2)C2C(=O)N(C)N=C2c2ccccc2)C1=O. The molecule has 3 heterocycles. The molecule has 2 aromatic carbocycles. The standard InChI is InChI=1S/C25H22N4O2S/c1-28-24(30)20(22(26-28)16-10-5-3-6-11-16)19(18-14-9-15-32-18)21-23(27-29(2)25(21)31)17-12-7-4-8-13-17/h3-15,19-21H,1-2H3. The van der Waals surface area contributed by atoms with Crippen molar-refractivity contribution in [2.75, 3.05) is 14.1 Å². The molecule has 0 aliphatic carbocycles. The lowest BCUT2D eigenvalue weighted by Gasteiger charge is -2.28. The van der Waals surface area contributed by atoms with Crippen LogP contribution in [-0.4, -0.2) is 47.4 Å². The van der Waals surface area contributed by atoms with Gasteiger partial charge in [-0.15, -0.1) is 11.3 Å². The summed E-state index contributed by atoms with van der Waals surface area (Å²) in [5.41, 5.74) is 3.14. The summed E-state index contributed by atoms with van der Waals surface area (Å²) in [6.45, 7) is 0. The lowest BCUT2D eigenvalue weighted by molar-refractivity contribution is -0.133. The van der Waals surface area contributed by atoms with Crippen LogP contribution in [0.15, 0.2) is 88.4 Å². The third-order valence-electron chi connectivity index (χ3n) is 6.00. The first-order chi connectivity index (χ1) is 15.6. The monoisotopic (exact) mass is 442 g/mol. The van der Waals surface area contributed by atoms with Gasteiger partial charge < -0.3 is 0 Å². The van der Waals surface area contributed by atoms with Crippen molar-refractivity contribution in [3.05, 3.63) is 94.2 Å². The Morgan fingerprint density at radius 1 is 0.719 bits per heavy atom. The molecular formula is C25H22N4O2S. The zero-order chi connectivity index (χ0) is 22.2. The number of thiophene rings is 1. The summed E-state index contributed by atoms with van der Waals surface area (Å²) in [7, 11) is 3.34. The molecular weight excluding hydrogens is 420 g/mol. The molecule has 0 saturated carbocycles. The third kappa shape index (κ3) is 3.35. The quantitative estimate of drug-likeness (QED) is 0.603. The van der Waals surface area contributed by atoms with Crippen LogP contribution >= 0.6 is 11.3 Å². The number of carbonyl (C=O) groups is 2. The van der Waals surface area contributed by atoms with Crippen LogP contribution in [0.25, 0.3) is 0 Å². The molecule has 5 rings (SSSR count). The molecule has 0 bridgehead atoms. The number of hydrazone groups is 2. The maximum absolute atomic E-state index is 13.5. The molecule has 6 nitrogen and oxygen atoms in total. The largest absolute Gasteiger partial charge is 0.272 e. The van der Waals surface area contributed by atoms with Gasteiger partial charge in [0.15, 0.2) is 0 Å². The Labute approximate surface area is 190 Å². The Balaban J connectivity index is 1.67. The zero-order valence-corrected chi connectivity index (χ0v) is 18.6. The van der Waals surface area contributed by atoms with Gasteiger partial charge in [-0.1, -0.05) is 66.7 Å². The number of rotatable bonds is 5. The molecule has 32 heavy (non-hydrogen) atoms. The van der Waals surface area contributed by atoms with Gasteiger partial charge in [0.05, 0.1) is 23.3 Å². The number of hydrogen-bond donors (Lipinski definition) is 0. The molecule has 160 valence electrons. The Morgan fingerprint density at radius 3 is 1.59 bits per heavy atom. The first-order valence-corrected chi connectivity index (χ1v) is 11.3. The molecule has 3 aromatic rings. The van der Waals surface area contributed by atoms with E-state index in [1.807, 2.05) is 78.2 Å². The molecule has 0 spiro atoms. The van der Waals surface area contributed by atoms with E-state index in [1.54, 1.807) is 25.4 Å². The number of carbonyl (C=O) groups excluding carboxylic acids is 2. The maximum atomic E-state index is 13.5. The van der Waals surface area contributed by atoms with Crippen LogP contribution in [0.5, 0.6) is 0 Å². The summed E-state index contributed by atoms with van der Waals surface area (Å²) in [6.07, 6.45) is 0. The van der Waals surface area contributed by atoms with Crippen LogP contribution in [0.4, 0.5) is 0 Å². The van der Waals surface area contributed by atoms with E-state index in [-0.39, 0.29) is 11.8 Å². The van der Waals surface area contributed by atoms with Gasteiger partial charge in [0.2, 0.25) is 0 Å². The van der Waals surface area contributed by atoms with E-state index in [4.69, 9.17) is 0 Å². The average molecular weight is 443 g/mol. The van der Waals surface area contributed by atoms with Crippen molar-refractivity contribution in [2.24, 2.45) is 22.0 Å².